The van der Waals surface area contributed by atoms with Crippen molar-refractivity contribution in [2.45, 2.75) is 39.5 Å². The summed E-state index contributed by atoms with van der Waals surface area (Å²) in [7, 11) is 0. The Morgan fingerprint density at radius 3 is 2.52 bits per heavy atom. The first-order valence-corrected chi connectivity index (χ1v) is 7.97. The molecule has 5 N–H and O–H groups in total. The van der Waals surface area contributed by atoms with Crippen molar-refractivity contribution in [3.05, 3.63) is 10.4 Å². The topological polar surface area (TPSA) is 107 Å². The van der Waals surface area contributed by atoms with Gasteiger partial charge in [0.25, 0.3) is 5.91 Å². The van der Waals surface area contributed by atoms with Crippen molar-refractivity contribution in [2.75, 3.05) is 24.2 Å². The van der Waals surface area contributed by atoms with Crippen molar-refractivity contribution in [2.24, 2.45) is 5.73 Å². The van der Waals surface area contributed by atoms with E-state index in [0.29, 0.717) is 11.5 Å². The van der Waals surface area contributed by atoms with Gasteiger partial charge in [-0.25, -0.2) is 4.79 Å². The second-order valence-corrected chi connectivity index (χ2v) is 5.64. The average molecular weight is 313 g/mol. The maximum Gasteiger partial charge on any atom is 0.350 e. The largest absolute Gasteiger partial charge is 0.462 e. The SMILES string of the molecule is CCCCCCNc1sc(C(=O)OCC)c(N)c1C(N)=O. The molecule has 1 heterocycles. The molecule has 0 aliphatic heterocycles. The van der Waals surface area contributed by atoms with Gasteiger partial charge in [-0.2, -0.15) is 0 Å². The second-order valence-electron chi connectivity index (χ2n) is 4.62. The normalized spacial score (nSPS) is 10.4. The van der Waals surface area contributed by atoms with Crippen molar-refractivity contribution >= 4 is 33.9 Å². The van der Waals surface area contributed by atoms with Gasteiger partial charge in [-0.1, -0.05) is 26.2 Å². The summed E-state index contributed by atoms with van der Waals surface area (Å²) in [4.78, 5) is 23.5. The third kappa shape index (κ3) is 4.63. The van der Waals surface area contributed by atoms with Gasteiger partial charge in [0.05, 0.1) is 17.9 Å². The number of thiophene rings is 1. The summed E-state index contributed by atoms with van der Waals surface area (Å²) >= 11 is 1.11. The van der Waals surface area contributed by atoms with Crippen LogP contribution >= 0.6 is 11.3 Å². The second kappa shape index (κ2) is 8.51. The first-order chi connectivity index (χ1) is 10.0. The van der Waals surface area contributed by atoms with Crippen LogP contribution in [-0.4, -0.2) is 25.0 Å². The Morgan fingerprint density at radius 1 is 1.24 bits per heavy atom. The fourth-order valence-corrected chi connectivity index (χ4v) is 2.96. The minimum atomic E-state index is -0.643. The lowest BCUT2D eigenvalue weighted by molar-refractivity contribution is 0.0533. The van der Waals surface area contributed by atoms with Gasteiger partial charge in [-0.3, -0.25) is 4.79 Å². The quantitative estimate of drug-likeness (QED) is 0.480. The number of esters is 1. The van der Waals surface area contributed by atoms with Crippen molar-refractivity contribution in [1.82, 2.24) is 0 Å². The van der Waals surface area contributed by atoms with Crippen molar-refractivity contribution in [3.8, 4) is 0 Å². The molecule has 7 heteroatoms. The number of carbonyl (C=O) groups excluding carboxylic acids is 2. The number of nitrogen functional groups attached to an aromatic ring is 1. The van der Waals surface area contributed by atoms with E-state index < -0.39 is 11.9 Å². The molecule has 0 unspecified atom stereocenters. The summed E-state index contributed by atoms with van der Waals surface area (Å²) in [5, 5.41) is 3.68. The molecular weight excluding hydrogens is 290 g/mol. The van der Waals surface area contributed by atoms with Gasteiger partial charge in [0.2, 0.25) is 0 Å². The zero-order valence-electron chi connectivity index (χ0n) is 12.5. The fraction of sp³-hybridized carbons (Fsp3) is 0.571. The van der Waals surface area contributed by atoms with Gasteiger partial charge in [0.15, 0.2) is 0 Å². The predicted molar refractivity (Wildman–Crippen MR) is 85.8 cm³/mol. The standard InChI is InChI=1S/C14H23N3O3S/c1-3-5-6-7-8-17-13-9(12(16)18)10(15)11(21-13)14(19)20-4-2/h17H,3-8,15H2,1-2H3,(H2,16,18). The van der Waals surface area contributed by atoms with Gasteiger partial charge >= 0.3 is 5.97 Å². The number of nitrogens with one attached hydrogen (secondary N) is 1. The molecule has 0 aliphatic rings. The van der Waals surface area contributed by atoms with Crippen LogP contribution in [0.2, 0.25) is 0 Å². The van der Waals surface area contributed by atoms with Crippen molar-refractivity contribution in [3.63, 3.8) is 0 Å². The zero-order chi connectivity index (χ0) is 15.8. The van der Waals surface area contributed by atoms with Gasteiger partial charge in [-0.15, -0.1) is 11.3 Å². The van der Waals surface area contributed by atoms with Crippen LogP contribution in [0, 0.1) is 0 Å². The molecule has 0 aromatic carbocycles. The van der Waals surface area contributed by atoms with E-state index in [2.05, 4.69) is 12.2 Å². The monoisotopic (exact) mass is 313 g/mol. The van der Waals surface area contributed by atoms with E-state index in [0.717, 1.165) is 30.6 Å². The first-order valence-electron chi connectivity index (χ1n) is 7.15. The van der Waals surface area contributed by atoms with Gasteiger partial charge in [0.1, 0.15) is 9.88 Å². The van der Waals surface area contributed by atoms with E-state index >= 15 is 0 Å². The van der Waals surface area contributed by atoms with Crippen LogP contribution in [0.3, 0.4) is 0 Å². The smallest absolute Gasteiger partial charge is 0.350 e. The molecule has 1 amide bonds. The lowest BCUT2D eigenvalue weighted by Crippen LogP contribution is -2.15. The van der Waals surface area contributed by atoms with E-state index in [1.54, 1.807) is 6.92 Å². The number of ether oxygens (including phenoxy) is 1. The van der Waals surface area contributed by atoms with Crippen LogP contribution in [0.5, 0.6) is 0 Å². The Hall–Kier alpha value is -1.76. The van der Waals surface area contributed by atoms with E-state index in [4.69, 9.17) is 16.2 Å². The molecule has 6 nitrogen and oxygen atoms in total. The molecule has 0 radical (unpaired) electrons. The minimum absolute atomic E-state index is 0.0991. The summed E-state index contributed by atoms with van der Waals surface area (Å²) in [5.41, 5.74) is 11.5. The van der Waals surface area contributed by atoms with Crippen molar-refractivity contribution in [1.29, 1.82) is 0 Å². The van der Waals surface area contributed by atoms with Gasteiger partial charge in [-0.05, 0) is 13.3 Å². The Labute approximate surface area is 128 Å². The molecular formula is C14H23N3O3S. The summed E-state index contributed by atoms with van der Waals surface area (Å²) in [5.74, 6) is -1.17. The number of nitrogens with two attached hydrogens (primary N) is 2. The van der Waals surface area contributed by atoms with E-state index in [1.807, 2.05) is 0 Å². The molecule has 21 heavy (non-hydrogen) atoms. The van der Waals surface area contributed by atoms with Crippen LogP contribution in [0.4, 0.5) is 10.7 Å². The highest BCUT2D eigenvalue weighted by Crippen LogP contribution is 2.36. The highest BCUT2D eigenvalue weighted by molar-refractivity contribution is 7.19. The molecule has 118 valence electrons. The third-order valence-electron chi connectivity index (χ3n) is 2.97. The molecule has 0 atom stereocenters. The molecule has 0 saturated heterocycles. The van der Waals surface area contributed by atoms with Crippen LogP contribution < -0.4 is 16.8 Å². The highest BCUT2D eigenvalue weighted by Gasteiger charge is 2.24. The van der Waals surface area contributed by atoms with Crippen molar-refractivity contribution < 1.29 is 14.3 Å². The molecule has 0 spiro atoms. The number of rotatable bonds is 9. The number of carbonyl (C=O) groups is 2. The van der Waals surface area contributed by atoms with E-state index in [9.17, 15) is 9.59 Å². The molecule has 0 aliphatic carbocycles. The summed E-state index contributed by atoms with van der Waals surface area (Å²) in [6.45, 7) is 4.82. The first kappa shape index (κ1) is 17.3. The molecule has 0 bridgehead atoms. The van der Waals surface area contributed by atoms with Crippen LogP contribution in [-0.2, 0) is 4.74 Å². The maximum atomic E-state index is 11.8. The molecule has 1 aromatic rings. The van der Waals surface area contributed by atoms with Crippen LogP contribution in [0.1, 0.15) is 59.6 Å². The number of primary amides is 1. The van der Waals surface area contributed by atoms with Crippen LogP contribution in [0.25, 0.3) is 0 Å². The lowest BCUT2D eigenvalue weighted by atomic mass is 10.2. The number of hydrogen-bond acceptors (Lipinski definition) is 6. The Bertz CT molecular complexity index is 500. The fourth-order valence-electron chi connectivity index (χ4n) is 1.91. The average Bonchev–Trinajstić information content (AvgIpc) is 2.76. The molecule has 0 saturated carbocycles. The minimum Gasteiger partial charge on any atom is -0.462 e. The van der Waals surface area contributed by atoms with E-state index in [-0.39, 0.29) is 22.7 Å². The summed E-state index contributed by atoms with van der Waals surface area (Å²) < 4.78 is 4.93. The van der Waals surface area contributed by atoms with E-state index in [1.165, 1.54) is 6.42 Å². The molecule has 0 fully saturated rings. The zero-order valence-corrected chi connectivity index (χ0v) is 13.3. The number of unbranched alkanes of at least 4 members (excludes halogenated alkanes) is 3. The Kier molecular flexibility index (Phi) is 7.01. The van der Waals surface area contributed by atoms with Crippen LogP contribution in [0.15, 0.2) is 0 Å². The molecule has 1 rings (SSSR count). The Morgan fingerprint density at radius 2 is 1.95 bits per heavy atom. The number of hydrogen-bond donors (Lipinski definition) is 3. The summed E-state index contributed by atoms with van der Waals surface area (Å²) in [6, 6.07) is 0. The van der Waals surface area contributed by atoms with Gasteiger partial charge in [0, 0.05) is 6.54 Å². The maximum absolute atomic E-state index is 11.8. The summed E-state index contributed by atoms with van der Waals surface area (Å²) in [6.07, 6.45) is 4.43. The number of amides is 1. The highest BCUT2D eigenvalue weighted by atomic mass is 32.1. The number of anilines is 2. The third-order valence-corrected chi connectivity index (χ3v) is 4.11. The predicted octanol–water partition coefficient (Wildman–Crippen LogP) is 2.60. The lowest BCUT2D eigenvalue weighted by Gasteiger charge is -2.05. The Balaban J connectivity index is 2.84. The molecule has 1 aromatic heterocycles. The van der Waals surface area contributed by atoms with Gasteiger partial charge < -0.3 is 21.5 Å².